The fourth-order valence-electron chi connectivity index (χ4n) is 2.23. The van der Waals surface area contributed by atoms with Crippen molar-refractivity contribution in [2.75, 3.05) is 46.8 Å². The molecule has 1 aliphatic heterocycles. The highest BCUT2D eigenvalue weighted by atomic mass is 16.6. The van der Waals surface area contributed by atoms with Gasteiger partial charge in [0.2, 0.25) is 0 Å². The van der Waals surface area contributed by atoms with Gasteiger partial charge in [0.1, 0.15) is 5.60 Å². The molecule has 0 spiro atoms. The highest BCUT2D eigenvalue weighted by molar-refractivity contribution is 5.68. The van der Waals surface area contributed by atoms with Gasteiger partial charge in [-0.15, -0.1) is 0 Å². The molecule has 0 aromatic carbocycles. The van der Waals surface area contributed by atoms with E-state index in [9.17, 15) is 9.90 Å². The third-order valence-electron chi connectivity index (χ3n) is 3.54. The Morgan fingerprint density at radius 3 is 2.38 bits per heavy atom. The van der Waals surface area contributed by atoms with Crippen molar-refractivity contribution in [2.45, 2.75) is 44.8 Å². The number of nitrogens with one attached hydrogen (secondary N) is 1. The first-order valence-electron chi connectivity index (χ1n) is 7.67. The number of ether oxygens (including phenoxy) is 1. The SMILES string of the molecule is CN(C)CCNCC1(O)CCN(C(=O)OC(C)(C)C)CC1. The second kappa shape index (κ2) is 7.42. The van der Waals surface area contributed by atoms with Crippen molar-refractivity contribution in [3.05, 3.63) is 0 Å². The van der Waals surface area contributed by atoms with Crippen LogP contribution in [0.5, 0.6) is 0 Å². The lowest BCUT2D eigenvalue weighted by atomic mass is 9.91. The molecule has 1 heterocycles. The molecule has 6 nitrogen and oxygen atoms in total. The molecule has 21 heavy (non-hydrogen) atoms. The maximum Gasteiger partial charge on any atom is 0.410 e. The third-order valence-corrected chi connectivity index (χ3v) is 3.54. The van der Waals surface area contributed by atoms with Gasteiger partial charge >= 0.3 is 6.09 Å². The molecule has 1 aliphatic rings. The van der Waals surface area contributed by atoms with E-state index >= 15 is 0 Å². The van der Waals surface area contributed by atoms with Crippen molar-refractivity contribution >= 4 is 6.09 Å². The van der Waals surface area contributed by atoms with Gasteiger partial charge in [-0.1, -0.05) is 0 Å². The summed E-state index contributed by atoms with van der Waals surface area (Å²) in [4.78, 5) is 15.7. The van der Waals surface area contributed by atoms with E-state index in [1.807, 2.05) is 34.9 Å². The number of likely N-dealkylation sites (tertiary alicyclic amines) is 1. The van der Waals surface area contributed by atoms with Crippen LogP contribution < -0.4 is 5.32 Å². The minimum absolute atomic E-state index is 0.287. The normalized spacial score (nSPS) is 18.9. The van der Waals surface area contributed by atoms with Crippen LogP contribution in [0.15, 0.2) is 0 Å². The molecule has 0 saturated carbocycles. The maximum atomic E-state index is 12.0. The van der Waals surface area contributed by atoms with Crippen LogP contribution in [0.25, 0.3) is 0 Å². The Hall–Kier alpha value is -0.850. The lowest BCUT2D eigenvalue weighted by Crippen LogP contribution is -2.52. The lowest BCUT2D eigenvalue weighted by molar-refractivity contribution is -0.0309. The minimum atomic E-state index is -0.717. The first-order chi connectivity index (χ1) is 9.61. The number of hydrogen-bond acceptors (Lipinski definition) is 5. The highest BCUT2D eigenvalue weighted by Gasteiger charge is 2.34. The lowest BCUT2D eigenvalue weighted by Gasteiger charge is -2.38. The summed E-state index contributed by atoms with van der Waals surface area (Å²) >= 11 is 0. The van der Waals surface area contributed by atoms with Crippen molar-refractivity contribution in [2.24, 2.45) is 0 Å². The predicted molar refractivity (Wildman–Crippen MR) is 83.4 cm³/mol. The van der Waals surface area contributed by atoms with Crippen LogP contribution in [-0.2, 0) is 4.74 Å². The first kappa shape index (κ1) is 18.2. The Labute approximate surface area is 128 Å². The summed E-state index contributed by atoms with van der Waals surface area (Å²) < 4.78 is 5.35. The second-order valence-corrected chi connectivity index (χ2v) is 7.17. The van der Waals surface area contributed by atoms with Gasteiger partial charge in [0, 0.05) is 32.7 Å². The molecular formula is C15H31N3O3. The Balaban J connectivity index is 2.31. The molecular weight excluding hydrogens is 270 g/mol. The number of carbonyl (C=O) groups excluding carboxylic acids is 1. The van der Waals surface area contributed by atoms with Crippen molar-refractivity contribution in [3.8, 4) is 0 Å². The fourth-order valence-corrected chi connectivity index (χ4v) is 2.23. The molecule has 6 heteroatoms. The van der Waals surface area contributed by atoms with Crippen molar-refractivity contribution in [1.82, 2.24) is 15.1 Å². The zero-order chi connectivity index (χ0) is 16.1. The van der Waals surface area contributed by atoms with Gasteiger partial charge in [0.15, 0.2) is 0 Å². The molecule has 1 saturated heterocycles. The molecule has 0 radical (unpaired) electrons. The van der Waals surface area contributed by atoms with E-state index in [1.165, 1.54) is 0 Å². The largest absolute Gasteiger partial charge is 0.444 e. The number of rotatable bonds is 5. The molecule has 0 atom stereocenters. The Morgan fingerprint density at radius 1 is 1.33 bits per heavy atom. The van der Waals surface area contributed by atoms with Crippen LogP contribution >= 0.6 is 0 Å². The topological polar surface area (TPSA) is 65.0 Å². The Kier molecular flexibility index (Phi) is 6.43. The number of likely N-dealkylation sites (N-methyl/N-ethyl adjacent to an activating group) is 1. The minimum Gasteiger partial charge on any atom is -0.444 e. The predicted octanol–water partition coefficient (Wildman–Crippen LogP) is 0.900. The van der Waals surface area contributed by atoms with Crippen LogP contribution in [-0.4, -0.2) is 79.0 Å². The van der Waals surface area contributed by atoms with Crippen LogP contribution in [0, 0.1) is 0 Å². The van der Waals surface area contributed by atoms with Gasteiger partial charge < -0.3 is 25.0 Å². The number of amides is 1. The molecule has 0 unspecified atom stereocenters. The number of aliphatic hydroxyl groups is 1. The molecule has 1 amide bonds. The molecule has 1 rings (SSSR count). The summed E-state index contributed by atoms with van der Waals surface area (Å²) in [5.74, 6) is 0. The number of hydrogen-bond donors (Lipinski definition) is 2. The first-order valence-corrected chi connectivity index (χ1v) is 7.67. The summed E-state index contributed by atoms with van der Waals surface area (Å²) in [7, 11) is 4.05. The number of piperidine rings is 1. The van der Waals surface area contributed by atoms with Gasteiger partial charge in [0.05, 0.1) is 5.60 Å². The molecule has 2 N–H and O–H groups in total. The summed E-state index contributed by atoms with van der Waals surface area (Å²) in [5.41, 5.74) is -1.19. The van der Waals surface area contributed by atoms with E-state index < -0.39 is 11.2 Å². The Morgan fingerprint density at radius 2 is 1.90 bits per heavy atom. The molecule has 0 bridgehead atoms. The van der Waals surface area contributed by atoms with Crippen molar-refractivity contribution < 1.29 is 14.6 Å². The van der Waals surface area contributed by atoms with E-state index in [4.69, 9.17) is 4.74 Å². The Bertz CT molecular complexity index is 332. The quantitative estimate of drug-likeness (QED) is 0.739. The van der Waals surface area contributed by atoms with Crippen LogP contribution in [0.3, 0.4) is 0 Å². The van der Waals surface area contributed by atoms with Gasteiger partial charge in [0.25, 0.3) is 0 Å². The van der Waals surface area contributed by atoms with Crippen molar-refractivity contribution in [1.29, 1.82) is 0 Å². The average molecular weight is 301 g/mol. The zero-order valence-corrected chi connectivity index (χ0v) is 14.1. The van der Waals surface area contributed by atoms with Gasteiger partial charge in [-0.2, -0.15) is 0 Å². The molecule has 124 valence electrons. The van der Waals surface area contributed by atoms with Crippen molar-refractivity contribution in [3.63, 3.8) is 0 Å². The second-order valence-electron chi connectivity index (χ2n) is 7.17. The summed E-state index contributed by atoms with van der Waals surface area (Å²) in [6, 6.07) is 0. The number of carbonyl (C=O) groups is 1. The van der Waals surface area contributed by atoms with Gasteiger partial charge in [-0.05, 0) is 47.7 Å². The van der Waals surface area contributed by atoms with E-state index in [-0.39, 0.29) is 6.09 Å². The van der Waals surface area contributed by atoms with Crippen LogP contribution in [0.1, 0.15) is 33.6 Å². The van der Waals surface area contributed by atoms with E-state index in [2.05, 4.69) is 10.2 Å². The maximum absolute atomic E-state index is 12.0. The molecule has 1 fully saturated rings. The van der Waals surface area contributed by atoms with Gasteiger partial charge in [-0.3, -0.25) is 0 Å². The monoisotopic (exact) mass is 301 g/mol. The molecule has 0 aromatic rings. The van der Waals surface area contributed by atoms with E-state index in [0.717, 1.165) is 13.1 Å². The summed E-state index contributed by atoms with van der Waals surface area (Å²) in [6.07, 6.45) is 0.882. The third kappa shape index (κ3) is 7.11. The van der Waals surface area contributed by atoms with Crippen LogP contribution in [0.2, 0.25) is 0 Å². The standard InChI is InChI=1S/C15H31N3O3/c1-14(2,3)21-13(19)18-9-6-15(20,7-10-18)12-16-8-11-17(4)5/h16,20H,6-12H2,1-5H3. The zero-order valence-electron chi connectivity index (χ0n) is 14.1. The summed E-state index contributed by atoms with van der Waals surface area (Å²) in [5, 5.41) is 13.8. The summed E-state index contributed by atoms with van der Waals surface area (Å²) in [6.45, 7) is 9.04. The smallest absolute Gasteiger partial charge is 0.410 e. The fraction of sp³-hybridized carbons (Fsp3) is 0.933. The molecule has 0 aromatic heterocycles. The van der Waals surface area contributed by atoms with E-state index in [1.54, 1.807) is 4.90 Å². The van der Waals surface area contributed by atoms with E-state index in [0.29, 0.717) is 32.5 Å². The van der Waals surface area contributed by atoms with Gasteiger partial charge in [-0.25, -0.2) is 4.79 Å². The van der Waals surface area contributed by atoms with Crippen LogP contribution in [0.4, 0.5) is 4.79 Å². The highest BCUT2D eigenvalue weighted by Crippen LogP contribution is 2.23. The average Bonchev–Trinajstić information content (AvgIpc) is 2.33. The number of nitrogens with zero attached hydrogens (tertiary/aromatic N) is 2. The molecule has 0 aliphatic carbocycles.